The van der Waals surface area contributed by atoms with E-state index in [0.717, 1.165) is 32.5 Å². The second-order valence-electron chi connectivity index (χ2n) is 4.35. The molecule has 4 heteroatoms. The molecular weight excluding hydrogens is 168 g/mol. The highest BCUT2D eigenvalue weighted by molar-refractivity contribution is 5.68. The fourth-order valence-corrected chi connectivity index (χ4v) is 2.69. The molecule has 3 fully saturated rings. The molecule has 3 saturated heterocycles. The van der Waals surface area contributed by atoms with Crippen LogP contribution in [-0.2, 0) is 4.79 Å². The number of carboxylic acid groups (broad SMARTS) is 1. The summed E-state index contributed by atoms with van der Waals surface area (Å²) in [5.74, 6) is -0.343. The molecule has 3 heterocycles. The minimum absolute atomic E-state index is 0.119. The van der Waals surface area contributed by atoms with E-state index in [-0.39, 0.29) is 6.42 Å². The number of hydrogen-bond donors (Lipinski definition) is 2. The van der Waals surface area contributed by atoms with E-state index in [4.69, 9.17) is 10.8 Å². The maximum Gasteiger partial charge on any atom is 0.305 e. The largest absolute Gasteiger partial charge is 0.481 e. The first-order valence-corrected chi connectivity index (χ1v) is 4.83. The molecule has 0 saturated carbocycles. The SMILES string of the molecule is NC1(CC(=O)O)CN2CCC1CC2. The Morgan fingerprint density at radius 1 is 1.54 bits per heavy atom. The third-order valence-corrected chi connectivity index (χ3v) is 3.40. The zero-order chi connectivity index (χ0) is 9.47. The minimum Gasteiger partial charge on any atom is -0.481 e. The molecule has 0 amide bonds. The third-order valence-electron chi connectivity index (χ3n) is 3.40. The van der Waals surface area contributed by atoms with Gasteiger partial charge in [-0.25, -0.2) is 0 Å². The smallest absolute Gasteiger partial charge is 0.305 e. The van der Waals surface area contributed by atoms with Gasteiger partial charge < -0.3 is 15.7 Å². The van der Waals surface area contributed by atoms with Crippen molar-refractivity contribution in [1.82, 2.24) is 4.90 Å². The summed E-state index contributed by atoms with van der Waals surface area (Å²) in [5.41, 5.74) is 5.67. The van der Waals surface area contributed by atoms with Crippen molar-refractivity contribution >= 4 is 5.97 Å². The maximum atomic E-state index is 10.7. The molecule has 3 rings (SSSR count). The second-order valence-corrected chi connectivity index (χ2v) is 4.35. The monoisotopic (exact) mass is 184 g/mol. The summed E-state index contributed by atoms with van der Waals surface area (Å²) in [6, 6.07) is 0. The summed E-state index contributed by atoms with van der Waals surface area (Å²) < 4.78 is 0. The van der Waals surface area contributed by atoms with Gasteiger partial charge in [0.2, 0.25) is 0 Å². The summed E-state index contributed by atoms with van der Waals surface area (Å²) in [4.78, 5) is 12.9. The van der Waals surface area contributed by atoms with Gasteiger partial charge in [-0.15, -0.1) is 0 Å². The van der Waals surface area contributed by atoms with Crippen LogP contribution in [0, 0.1) is 5.92 Å². The van der Waals surface area contributed by atoms with Crippen LogP contribution < -0.4 is 5.73 Å². The van der Waals surface area contributed by atoms with Gasteiger partial charge in [0, 0.05) is 12.1 Å². The highest BCUT2D eigenvalue weighted by atomic mass is 16.4. The van der Waals surface area contributed by atoms with Crippen molar-refractivity contribution in [1.29, 1.82) is 0 Å². The molecule has 0 aliphatic carbocycles. The average molecular weight is 184 g/mol. The van der Waals surface area contributed by atoms with Crippen molar-refractivity contribution in [3.05, 3.63) is 0 Å². The van der Waals surface area contributed by atoms with E-state index in [2.05, 4.69) is 4.90 Å². The van der Waals surface area contributed by atoms with Gasteiger partial charge in [-0.3, -0.25) is 4.79 Å². The Balaban J connectivity index is 2.09. The van der Waals surface area contributed by atoms with Crippen LogP contribution >= 0.6 is 0 Å². The Morgan fingerprint density at radius 3 is 2.54 bits per heavy atom. The highest BCUT2D eigenvalue weighted by Gasteiger charge is 2.44. The Labute approximate surface area is 77.7 Å². The predicted molar refractivity (Wildman–Crippen MR) is 48.3 cm³/mol. The lowest BCUT2D eigenvalue weighted by atomic mass is 9.72. The van der Waals surface area contributed by atoms with Crippen molar-refractivity contribution < 1.29 is 9.90 Å². The molecule has 3 aliphatic rings. The van der Waals surface area contributed by atoms with E-state index in [1.807, 2.05) is 0 Å². The van der Waals surface area contributed by atoms with Gasteiger partial charge in [-0.2, -0.15) is 0 Å². The Hall–Kier alpha value is -0.610. The summed E-state index contributed by atoms with van der Waals surface area (Å²) in [7, 11) is 0. The maximum absolute atomic E-state index is 10.7. The fraction of sp³-hybridized carbons (Fsp3) is 0.889. The highest BCUT2D eigenvalue weighted by Crippen LogP contribution is 2.35. The molecule has 4 nitrogen and oxygen atoms in total. The molecule has 0 radical (unpaired) electrons. The standard InChI is InChI=1S/C9H16N2O2/c10-9(5-8(12)13)6-11-3-1-7(9)2-4-11/h7H,1-6,10H2,(H,12,13). The number of rotatable bonds is 2. The van der Waals surface area contributed by atoms with E-state index in [1.165, 1.54) is 0 Å². The number of nitrogens with two attached hydrogens (primary N) is 1. The zero-order valence-corrected chi connectivity index (χ0v) is 7.70. The molecule has 3 N–H and O–H groups in total. The van der Waals surface area contributed by atoms with Crippen LogP contribution in [0.25, 0.3) is 0 Å². The topological polar surface area (TPSA) is 66.6 Å². The molecule has 3 aliphatic heterocycles. The molecule has 0 aromatic carbocycles. The van der Waals surface area contributed by atoms with Crippen molar-refractivity contribution in [3.63, 3.8) is 0 Å². The van der Waals surface area contributed by atoms with Gasteiger partial charge in [0.15, 0.2) is 0 Å². The molecule has 1 atom stereocenters. The number of carboxylic acids is 1. The fourth-order valence-electron chi connectivity index (χ4n) is 2.69. The first-order valence-electron chi connectivity index (χ1n) is 4.83. The van der Waals surface area contributed by atoms with Crippen molar-refractivity contribution in [2.75, 3.05) is 19.6 Å². The second kappa shape index (κ2) is 2.96. The van der Waals surface area contributed by atoms with Crippen LogP contribution in [-0.4, -0.2) is 41.1 Å². The van der Waals surface area contributed by atoms with Crippen LogP contribution in [0.4, 0.5) is 0 Å². The third kappa shape index (κ3) is 1.56. The van der Waals surface area contributed by atoms with E-state index < -0.39 is 11.5 Å². The summed E-state index contributed by atoms with van der Waals surface area (Å²) in [6.45, 7) is 2.97. The number of fused-ring (bicyclic) bond motifs is 3. The predicted octanol–water partition coefficient (Wildman–Crippen LogP) is -0.116. The van der Waals surface area contributed by atoms with Gasteiger partial charge in [-0.1, -0.05) is 0 Å². The Kier molecular flexibility index (Phi) is 2.04. The van der Waals surface area contributed by atoms with Gasteiger partial charge >= 0.3 is 5.97 Å². The number of hydrogen-bond acceptors (Lipinski definition) is 3. The molecule has 13 heavy (non-hydrogen) atoms. The lowest BCUT2D eigenvalue weighted by Crippen LogP contribution is -2.64. The zero-order valence-electron chi connectivity index (χ0n) is 7.70. The summed E-state index contributed by atoms with van der Waals surface area (Å²) in [5, 5.41) is 8.76. The number of carbonyl (C=O) groups is 1. The van der Waals surface area contributed by atoms with Gasteiger partial charge in [-0.05, 0) is 31.8 Å². The van der Waals surface area contributed by atoms with Crippen LogP contribution in [0.1, 0.15) is 19.3 Å². The van der Waals surface area contributed by atoms with Crippen LogP contribution in [0.15, 0.2) is 0 Å². The molecular formula is C9H16N2O2. The van der Waals surface area contributed by atoms with Crippen LogP contribution in [0.5, 0.6) is 0 Å². The lowest BCUT2D eigenvalue weighted by molar-refractivity contribution is -0.140. The summed E-state index contributed by atoms with van der Waals surface area (Å²) in [6.07, 6.45) is 2.27. The first-order chi connectivity index (χ1) is 6.10. The Morgan fingerprint density at radius 2 is 2.15 bits per heavy atom. The van der Waals surface area contributed by atoms with Crippen LogP contribution in [0.3, 0.4) is 0 Å². The minimum atomic E-state index is -0.767. The molecule has 1 unspecified atom stereocenters. The average Bonchev–Trinajstić information content (AvgIpc) is 2.03. The van der Waals surface area contributed by atoms with E-state index in [1.54, 1.807) is 0 Å². The number of piperidine rings is 3. The van der Waals surface area contributed by atoms with Gasteiger partial charge in [0.05, 0.1) is 6.42 Å². The molecule has 2 bridgehead atoms. The van der Waals surface area contributed by atoms with E-state index in [9.17, 15) is 4.79 Å². The molecule has 74 valence electrons. The molecule has 0 spiro atoms. The first kappa shape index (κ1) is 8.97. The Bertz CT molecular complexity index is 224. The lowest BCUT2D eigenvalue weighted by Gasteiger charge is -2.50. The quantitative estimate of drug-likeness (QED) is 0.628. The number of nitrogens with zero attached hydrogens (tertiary/aromatic N) is 1. The van der Waals surface area contributed by atoms with Crippen molar-refractivity contribution in [2.45, 2.75) is 24.8 Å². The molecule has 0 aromatic heterocycles. The number of aliphatic carboxylic acids is 1. The molecule has 0 aromatic rings. The normalized spacial score (nSPS) is 43.5. The van der Waals surface area contributed by atoms with Crippen LogP contribution in [0.2, 0.25) is 0 Å². The van der Waals surface area contributed by atoms with E-state index >= 15 is 0 Å². The van der Waals surface area contributed by atoms with Gasteiger partial charge in [0.1, 0.15) is 0 Å². The summed E-state index contributed by atoms with van der Waals surface area (Å²) >= 11 is 0. The van der Waals surface area contributed by atoms with E-state index in [0.29, 0.717) is 5.92 Å². The van der Waals surface area contributed by atoms with Gasteiger partial charge in [0.25, 0.3) is 0 Å². The van der Waals surface area contributed by atoms with Crippen molar-refractivity contribution in [2.24, 2.45) is 11.7 Å². The van der Waals surface area contributed by atoms with Crippen molar-refractivity contribution in [3.8, 4) is 0 Å².